The Hall–Kier alpha value is -0.970. The number of thiazole rings is 1. The molecule has 1 atom stereocenters. The van der Waals surface area contributed by atoms with E-state index in [-0.39, 0.29) is 11.1 Å². The van der Waals surface area contributed by atoms with Gasteiger partial charge in [-0.05, 0) is 19.1 Å². The van der Waals surface area contributed by atoms with Crippen molar-refractivity contribution >= 4 is 22.9 Å². The largest absolute Gasteiger partial charge is 0.323 e. The SMILES string of the molecule is CC(N)c1csc(-c2ccc(Cl)c(F)c2)n1. The van der Waals surface area contributed by atoms with Crippen molar-refractivity contribution in [3.63, 3.8) is 0 Å². The van der Waals surface area contributed by atoms with E-state index in [1.807, 2.05) is 12.3 Å². The highest BCUT2D eigenvalue weighted by Crippen LogP contribution is 2.28. The van der Waals surface area contributed by atoms with Crippen LogP contribution in [0.25, 0.3) is 10.6 Å². The van der Waals surface area contributed by atoms with Crippen LogP contribution in [-0.4, -0.2) is 4.98 Å². The number of halogens is 2. The van der Waals surface area contributed by atoms with Crippen LogP contribution in [-0.2, 0) is 0 Å². The van der Waals surface area contributed by atoms with Crippen LogP contribution in [0.2, 0.25) is 5.02 Å². The van der Waals surface area contributed by atoms with E-state index in [1.165, 1.54) is 23.5 Å². The third-order valence-corrected chi connectivity index (χ3v) is 3.37. The quantitative estimate of drug-likeness (QED) is 0.891. The van der Waals surface area contributed by atoms with Crippen molar-refractivity contribution in [1.29, 1.82) is 0 Å². The van der Waals surface area contributed by atoms with Crippen molar-refractivity contribution in [2.45, 2.75) is 13.0 Å². The molecular formula is C11H10ClFN2S. The molecule has 0 bridgehead atoms. The molecular weight excluding hydrogens is 247 g/mol. The molecule has 0 spiro atoms. The van der Waals surface area contributed by atoms with E-state index in [1.54, 1.807) is 6.07 Å². The molecule has 0 fully saturated rings. The Morgan fingerprint density at radius 2 is 2.25 bits per heavy atom. The molecule has 16 heavy (non-hydrogen) atoms. The van der Waals surface area contributed by atoms with Crippen LogP contribution in [0.3, 0.4) is 0 Å². The van der Waals surface area contributed by atoms with Gasteiger partial charge in [-0.1, -0.05) is 17.7 Å². The van der Waals surface area contributed by atoms with Crippen molar-refractivity contribution in [2.75, 3.05) is 0 Å². The average molecular weight is 257 g/mol. The first-order valence-corrected chi connectivity index (χ1v) is 6.00. The highest BCUT2D eigenvalue weighted by molar-refractivity contribution is 7.13. The normalized spacial score (nSPS) is 12.8. The molecule has 84 valence electrons. The summed E-state index contributed by atoms with van der Waals surface area (Å²) in [4.78, 5) is 4.33. The second-order valence-electron chi connectivity index (χ2n) is 3.50. The van der Waals surface area contributed by atoms with Crippen LogP contribution >= 0.6 is 22.9 Å². The molecule has 0 aliphatic carbocycles. The zero-order chi connectivity index (χ0) is 11.7. The Morgan fingerprint density at radius 3 is 2.81 bits per heavy atom. The maximum atomic E-state index is 13.3. The maximum absolute atomic E-state index is 13.3. The predicted molar refractivity (Wildman–Crippen MR) is 65.1 cm³/mol. The molecule has 1 aromatic carbocycles. The van der Waals surface area contributed by atoms with Crippen molar-refractivity contribution in [1.82, 2.24) is 4.98 Å². The summed E-state index contributed by atoms with van der Waals surface area (Å²) in [5.74, 6) is -0.434. The van der Waals surface area contributed by atoms with Crippen LogP contribution in [0.4, 0.5) is 4.39 Å². The summed E-state index contributed by atoms with van der Waals surface area (Å²) in [6, 6.07) is 4.54. The monoisotopic (exact) mass is 256 g/mol. The Bertz CT molecular complexity index is 510. The molecule has 0 radical (unpaired) electrons. The molecule has 2 aromatic rings. The topological polar surface area (TPSA) is 38.9 Å². The number of aromatic nitrogens is 1. The molecule has 0 saturated heterocycles. The molecule has 1 heterocycles. The second-order valence-corrected chi connectivity index (χ2v) is 4.76. The number of hydrogen-bond donors (Lipinski definition) is 1. The van der Waals surface area contributed by atoms with E-state index < -0.39 is 5.82 Å². The molecule has 1 aromatic heterocycles. The van der Waals surface area contributed by atoms with Crippen molar-refractivity contribution in [2.24, 2.45) is 5.73 Å². The van der Waals surface area contributed by atoms with Gasteiger partial charge in [-0.3, -0.25) is 0 Å². The lowest BCUT2D eigenvalue weighted by atomic mass is 10.2. The van der Waals surface area contributed by atoms with Crippen LogP contribution in [0.5, 0.6) is 0 Å². The Balaban J connectivity index is 2.39. The minimum atomic E-state index is -0.434. The average Bonchev–Trinajstić information content (AvgIpc) is 2.71. The number of nitrogens with two attached hydrogens (primary N) is 1. The second kappa shape index (κ2) is 4.49. The number of rotatable bonds is 2. The molecule has 2 nitrogen and oxygen atoms in total. The van der Waals surface area contributed by atoms with E-state index in [9.17, 15) is 4.39 Å². The standard InChI is InChI=1S/C11H10ClFN2S/c1-6(14)10-5-16-11(15-10)7-2-3-8(12)9(13)4-7/h2-6H,14H2,1H3. The Labute approximate surface area is 102 Å². The van der Waals surface area contributed by atoms with E-state index in [4.69, 9.17) is 17.3 Å². The fourth-order valence-corrected chi connectivity index (χ4v) is 2.30. The summed E-state index contributed by atoms with van der Waals surface area (Å²) in [6.45, 7) is 1.86. The van der Waals surface area contributed by atoms with Gasteiger partial charge in [0.05, 0.1) is 10.7 Å². The fraction of sp³-hybridized carbons (Fsp3) is 0.182. The molecule has 2 rings (SSSR count). The summed E-state index contributed by atoms with van der Waals surface area (Å²) in [5.41, 5.74) is 7.24. The lowest BCUT2D eigenvalue weighted by Gasteiger charge is -1.99. The first-order valence-electron chi connectivity index (χ1n) is 4.74. The molecule has 5 heteroatoms. The third kappa shape index (κ3) is 2.24. The number of benzene rings is 1. The highest BCUT2D eigenvalue weighted by atomic mass is 35.5. The smallest absolute Gasteiger partial charge is 0.142 e. The Morgan fingerprint density at radius 1 is 1.50 bits per heavy atom. The molecule has 1 unspecified atom stereocenters. The van der Waals surface area contributed by atoms with E-state index in [0.29, 0.717) is 0 Å². The van der Waals surface area contributed by atoms with Gasteiger partial charge in [-0.2, -0.15) is 0 Å². The zero-order valence-corrected chi connectivity index (χ0v) is 10.1. The molecule has 0 amide bonds. The molecule has 0 saturated carbocycles. The van der Waals surface area contributed by atoms with E-state index in [0.717, 1.165) is 16.3 Å². The molecule has 2 N–H and O–H groups in total. The zero-order valence-electron chi connectivity index (χ0n) is 8.58. The first kappa shape index (κ1) is 11.5. The minimum absolute atomic E-state index is 0.109. The van der Waals surface area contributed by atoms with Gasteiger partial charge < -0.3 is 5.73 Å². The van der Waals surface area contributed by atoms with Gasteiger partial charge in [0, 0.05) is 17.0 Å². The first-order chi connectivity index (χ1) is 7.58. The number of hydrogen-bond acceptors (Lipinski definition) is 3. The number of nitrogens with zero attached hydrogens (tertiary/aromatic N) is 1. The van der Waals surface area contributed by atoms with E-state index >= 15 is 0 Å². The lowest BCUT2D eigenvalue weighted by molar-refractivity contribution is 0.629. The summed E-state index contributed by atoms with van der Waals surface area (Å²) in [5, 5.41) is 2.75. The summed E-state index contributed by atoms with van der Waals surface area (Å²) < 4.78 is 13.3. The predicted octanol–water partition coefficient (Wildman–Crippen LogP) is 3.62. The van der Waals surface area contributed by atoms with Gasteiger partial charge in [-0.25, -0.2) is 9.37 Å². The fourth-order valence-electron chi connectivity index (χ4n) is 1.26. The van der Waals surface area contributed by atoms with Crippen molar-refractivity contribution < 1.29 is 4.39 Å². The van der Waals surface area contributed by atoms with Crippen molar-refractivity contribution in [3.8, 4) is 10.6 Å². The summed E-state index contributed by atoms with van der Waals surface area (Å²) in [7, 11) is 0. The highest BCUT2D eigenvalue weighted by Gasteiger charge is 2.09. The summed E-state index contributed by atoms with van der Waals surface area (Å²) in [6.07, 6.45) is 0. The third-order valence-electron chi connectivity index (χ3n) is 2.16. The summed E-state index contributed by atoms with van der Waals surface area (Å²) >= 11 is 7.06. The van der Waals surface area contributed by atoms with Gasteiger partial charge in [0.25, 0.3) is 0 Å². The maximum Gasteiger partial charge on any atom is 0.142 e. The van der Waals surface area contributed by atoms with Crippen LogP contribution in [0.15, 0.2) is 23.6 Å². The van der Waals surface area contributed by atoms with Gasteiger partial charge in [-0.15, -0.1) is 11.3 Å². The van der Waals surface area contributed by atoms with Crippen LogP contribution in [0, 0.1) is 5.82 Å². The van der Waals surface area contributed by atoms with Gasteiger partial charge >= 0.3 is 0 Å². The van der Waals surface area contributed by atoms with Gasteiger partial charge in [0.1, 0.15) is 10.8 Å². The van der Waals surface area contributed by atoms with Gasteiger partial charge in [0.2, 0.25) is 0 Å². The molecule has 0 aliphatic rings. The van der Waals surface area contributed by atoms with Crippen LogP contribution < -0.4 is 5.73 Å². The van der Waals surface area contributed by atoms with Crippen LogP contribution in [0.1, 0.15) is 18.7 Å². The minimum Gasteiger partial charge on any atom is -0.323 e. The van der Waals surface area contributed by atoms with Gasteiger partial charge in [0.15, 0.2) is 0 Å². The molecule has 0 aliphatic heterocycles. The lowest BCUT2D eigenvalue weighted by Crippen LogP contribution is -2.04. The van der Waals surface area contributed by atoms with E-state index in [2.05, 4.69) is 4.98 Å². The van der Waals surface area contributed by atoms with Crippen molar-refractivity contribution in [3.05, 3.63) is 40.1 Å². The Kier molecular flexibility index (Phi) is 3.23.